The molecule has 4 heterocycles. The molecule has 0 saturated carbocycles. The maximum Gasteiger partial charge on any atom is 0.417 e. The average Bonchev–Trinajstić information content (AvgIpc) is 3.09. The number of alkyl halides is 3. The number of hydrogen-bond donors (Lipinski definition) is 2. The quantitative estimate of drug-likeness (QED) is 0.627. The number of benzene rings is 1. The number of aromatic amines is 1. The molecule has 0 aliphatic carbocycles. The zero-order valence-electron chi connectivity index (χ0n) is 15.7. The van der Waals surface area contributed by atoms with Gasteiger partial charge in [-0.3, -0.25) is 0 Å². The number of aromatic nitrogens is 2. The lowest BCUT2D eigenvalue weighted by atomic mass is 9.79. The number of pyridine rings is 1. The van der Waals surface area contributed by atoms with Crippen molar-refractivity contribution in [1.29, 1.82) is 0 Å². The molecule has 1 spiro atoms. The van der Waals surface area contributed by atoms with Gasteiger partial charge in [0.05, 0.1) is 22.8 Å². The van der Waals surface area contributed by atoms with E-state index in [1.54, 1.807) is 0 Å². The molecular formula is C21H21ClF3N4+. The van der Waals surface area contributed by atoms with E-state index in [-0.39, 0.29) is 10.6 Å². The number of nitrogens with zero attached hydrogens (tertiary/aromatic N) is 2. The normalized spacial score (nSPS) is 19.0. The van der Waals surface area contributed by atoms with E-state index in [1.165, 1.54) is 22.2 Å². The summed E-state index contributed by atoms with van der Waals surface area (Å²) in [6, 6.07) is 9.37. The van der Waals surface area contributed by atoms with Crippen LogP contribution in [0.15, 0.2) is 36.5 Å². The number of rotatable bonds is 1. The van der Waals surface area contributed by atoms with Crippen molar-refractivity contribution in [3.63, 3.8) is 0 Å². The van der Waals surface area contributed by atoms with Crippen LogP contribution in [-0.4, -0.2) is 29.6 Å². The highest BCUT2D eigenvalue weighted by atomic mass is 35.5. The van der Waals surface area contributed by atoms with Crippen LogP contribution < -0.4 is 10.2 Å². The smallest absolute Gasteiger partial charge is 0.355 e. The molecule has 2 aromatic heterocycles. The van der Waals surface area contributed by atoms with Crippen molar-refractivity contribution in [2.75, 3.05) is 24.5 Å². The summed E-state index contributed by atoms with van der Waals surface area (Å²) in [4.78, 5) is 9.69. The van der Waals surface area contributed by atoms with Crippen LogP contribution in [0.2, 0.25) is 5.02 Å². The molecule has 0 radical (unpaired) electrons. The number of hydrogen-bond acceptors (Lipinski definition) is 2. The minimum Gasteiger partial charge on any atom is -0.355 e. The zero-order chi connectivity index (χ0) is 20.2. The van der Waals surface area contributed by atoms with Crippen LogP contribution >= 0.6 is 11.6 Å². The Balaban J connectivity index is 1.42. The first-order valence-electron chi connectivity index (χ1n) is 9.79. The third kappa shape index (κ3) is 3.07. The van der Waals surface area contributed by atoms with Gasteiger partial charge in [0.25, 0.3) is 0 Å². The van der Waals surface area contributed by atoms with Gasteiger partial charge in [0, 0.05) is 49.5 Å². The fourth-order valence-electron chi connectivity index (χ4n) is 4.87. The molecule has 3 aromatic rings. The van der Waals surface area contributed by atoms with E-state index < -0.39 is 11.7 Å². The predicted octanol–water partition coefficient (Wildman–Crippen LogP) is 3.85. The number of nitrogens with one attached hydrogen (secondary N) is 1. The zero-order valence-corrected chi connectivity index (χ0v) is 16.4. The van der Waals surface area contributed by atoms with Crippen LogP contribution in [0.3, 0.4) is 0 Å². The fraction of sp³-hybridized carbons (Fsp3) is 0.381. The molecule has 0 atom stereocenters. The monoisotopic (exact) mass is 421 g/mol. The highest BCUT2D eigenvalue weighted by Crippen LogP contribution is 2.39. The van der Waals surface area contributed by atoms with Crippen molar-refractivity contribution in [2.24, 2.45) is 0 Å². The first-order valence-corrected chi connectivity index (χ1v) is 10.2. The molecule has 29 heavy (non-hydrogen) atoms. The molecule has 0 bridgehead atoms. The Morgan fingerprint density at radius 2 is 1.93 bits per heavy atom. The summed E-state index contributed by atoms with van der Waals surface area (Å²) in [5, 5.41) is 3.77. The Bertz CT molecular complexity index is 1070. The molecule has 0 amide bonds. The second-order valence-corrected chi connectivity index (χ2v) is 8.34. The SMILES string of the molecule is FC(F)(F)c1cnc(N2CCC3(CC2)[NH2+]CCc2c3[nH]c3ccccc23)c(Cl)c1. The molecule has 0 unspecified atom stereocenters. The van der Waals surface area contributed by atoms with Gasteiger partial charge in [-0.2, -0.15) is 13.2 Å². The Morgan fingerprint density at radius 3 is 2.66 bits per heavy atom. The summed E-state index contributed by atoms with van der Waals surface area (Å²) in [7, 11) is 0. The van der Waals surface area contributed by atoms with Gasteiger partial charge in [-0.1, -0.05) is 29.8 Å². The predicted molar refractivity (Wildman–Crippen MR) is 106 cm³/mol. The molecule has 1 fully saturated rings. The molecule has 1 aromatic carbocycles. The first-order chi connectivity index (χ1) is 13.9. The molecule has 8 heteroatoms. The number of fused-ring (bicyclic) bond motifs is 4. The Morgan fingerprint density at radius 1 is 1.17 bits per heavy atom. The first kappa shape index (κ1) is 18.8. The summed E-state index contributed by atoms with van der Waals surface area (Å²) >= 11 is 6.16. The van der Waals surface area contributed by atoms with Gasteiger partial charge in [-0.15, -0.1) is 0 Å². The van der Waals surface area contributed by atoms with E-state index in [1.807, 2.05) is 11.0 Å². The highest BCUT2D eigenvalue weighted by Gasteiger charge is 2.45. The summed E-state index contributed by atoms with van der Waals surface area (Å²) in [6.45, 7) is 2.43. The summed E-state index contributed by atoms with van der Waals surface area (Å²) < 4.78 is 38.7. The molecule has 1 saturated heterocycles. The molecule has 2 aliphatic rings. The van der Waals surface area contributed by atoms with Gasteiger partial charge in [0.1, 0.15) is 11.4 Å². The van der Waals surface area contributed by atoms with Gasteiger partial charge >= 0.3 is 6.18 Å². The van der Waals surface area contributed by atoms with Crippen molar-refractivity contribution in [1.82, 2.24) is 9.97 Å². The highest BCUT2D eigenvalue weighted by molar-refractivity contribution is 6.33. The van der Waals surface area contributed by atoms with Crippen molar-refractivity contribution >= 4 is 28.3 Å². The number of quaternary nitrogens is 1. The average molecular weight is 422 g/mol. The number of nitrogens with two attached hydrogens (primary N) is 1. The van der Waals surface area contributed by atoms with E-state index in [0.717, 1.165) is 38.1 Å². The number of halogens is 4. The maximum atomic E-state index is 12.9. The lowest BCUT2D eigenvalue weighted by Gasteiger charge is -2.42. The Hall–Kier alpha value is -2.25. The number of H-pyrrole nitrogens is 1. The largest absolute Gasteiger partial charge is 0.417 e. The van der Waals surface area contributed by atoms with Crippen LogP contribution in [0.5, 0.6) is 0 Å². The lowest BCUT2D eigenvalue weighted by Crippen LogP contribution is -2.97. The van der Waals surface area contributed by atoms with E-state index in [9.17, 15) is 13.2 Å². The van der Waals surface area contributed by atoms with Crippen molar-refractivity contribution in [2.45, 2.75) is 31.0 Å². The van der Waals surface area contributed by atoms with Gasteiger partial charge in [0.15, 0.2) is 0 Å². The summed E-state index contributed by atoms with van der Waals surface area (Å²) in [6.07, 6.45) is -0.771. The summed E-state index contributed by atoms with van der Waals surface area (Å²) in [5.41, 5.74) is 3.03. The second-order valence-electron chi connectivity index (χ2n) is 7.94. The second kappa shape index (κ2) is 6.64. The molecule has 5 rings (SSSR count). The topological polar surface area (TPSA) is 48.5 Å². The maximum absolute atomic E-state index is 12.9. The molecule has 152 valence electrons. The molecule has 4 nitrogen and oxygen atoms in total. The fourth-order valence-corrected chi connectivity index (χ4v) is 5.16. The van der Waals surface area contributed by atoms with Crippen molar-refractivity contribution < 1.29 is 18.5 Å². The lowest BCUT2D eigenvalue weighted by molar-refractivity contribution is -0.742. The van der Waals surface area contributed by atoms with Crippen molar-refractivity contribution in [3.8, 4) is 0 Å². The molecule has 2 aliphatic heterocycles. The van der Waals surface area contributed by atoms with Crippen LogP contribution in [0, 0.1) is 0 Å². The number of piperidine rings is 1. The standard InChI is InChI=1S/C21H20ClF3N4/c22-16-11-13(21(23,24)25)12-26-19(16)29-9-6-20(7-10-29)18-15(5-8-27-20)14-3-1-2-4-17(14)28-18/h1-4,11-12,27-28H,5-10H2/p+1. The van der Waals surface area contributed by atoms with E-state index in [0.29, 0.717) is 18.9 Å². The third-order valence-corrected chi connectivity index (χ3v) is 6.62. The van der Waals surface area contributed by atoms with E-state index >= 15 is 0 Å². The van der Waals surface area contributed by atoms with E-state index in [4.69, 9.17) is 11.6 Å². The van der Waals surface area contributed by atoms with Gasteiger partial charge in [-0.25, -0.2) is 4.98 Å². The Labute approximate surface area is 171 Å². The van der Waals surface area contributed by atoms with Crippen molar-refractivity contribution in [3.05, 3.63) is 58.4 Å². The van der Waals surface area contributed by atoms with Crippen LogP contribution in [0.25, 0.3) is 10.9 Å². The number of anilines is 1. The number of para-hydroxylation sites is 1. The van der Waals surface area contributed by atoms with E-state index in [2.05, 4.69) is 33.5 Å². The minimum absolute atomic E-state index is 0.0263. The summed E-state index contributed by atoms with van der Waals surface area (Å²) in [5.74, 6) is 0.433. The van der Waals surface area contributed by atoms with Crippen LogP contribution in [0.1, 0.15) is 29.7 Å². The van der Waals surface area contributed by atoms with Gasteiger partial charge < -0.3 is 15.2 Å². The minimum atomic E-state index is -4.44. The molecule has 3 N–H and O–H groups in total. The van der Waals surface area contributed by atoms with Gasteiger partial charge in [0.2, 0.25) is 0 Å². The van der Waals surface area contributed by atoms with Crippen LogP contribution in [0.4, 0.5) is 19.0 Å². The van der Waals surface area contributed by atoms with Crippen LogP contribution in [-0.2, 0) is 18.1 Å². The Kier molecular flexibility index (Phi) is 4.29. The third-order valence-electron chi connectivity index (χ3n) is 6.35. The van der Waals surface area contributed by atoms with Gasteiger partial charge in [-0.05, 0) is 17.7 Å². The molecular weight excluding hydrogens is 401 g/mol.